The van der Waals surface area contributed by atoms with E-state index in [1.807, 2.05) is 93.6 Å². The molecule has 16 heteroatoms. The Hall–Kier alpha value is -8.90. The van der Waals surface area contributed by atoms with Crippen LogP contribution in [0.5, 0.6) is 46.0 Å². The van der Waals surface area contributed by atoms with Crippen LogP contribution >= 0.6 is 0 Å². The Bertz CT molecular complexity index is 4390. The highest BCUT2D eigenvalue weighted by Crippen LogP contribution is 2.39. The number of rotatable bonds is 59. The lowest BCUT2D eigenvalue weighted by atomic mass is 9.74. The van der Waals surface area contributed by atoms with Crippen molar-refractivity contribution in [2.24, 2.45) is 11.3 Å². The molecule has 143 heavy (non-hydrogen) atoms. The van der Waals surface area contributed by atoms with Crippen LogP contribution in [0.4, 0.5) is 0 Å². The number of carbonyl (C=O) groups excluding carboxylic acids is 2. The van der Waals surface area contributed by atoms with Gasteiger partial charge in [-0.05, 0) is 365 Å². The maximum atomic E-state index is 11.4. The van der Waals surface area contributed by atoms with Gasteiger partial charge in [-0.3, -0.25) is 9.59 Å². The summed E-state index contributed by atoms with van der Waals surface area (Å²) in [6.45, 7) is 36.8. The molecule has 2 aliphatic rings. The summed E-state index contributed by atoms with van der Waals surface area (Å²) in [5.41, 5.74) is 10.6. The fourth-order valence-electron chi connectivity index (χ4n) is 16.6. The number of hydrogen-bond acceptors (Lipinski definition) is 15. The second-order valence-corrected chi connectivity index (χ2v) is 39.8. The van der Waals surface area contributed by atoms with Gasteiger partial charge >= 0.3 is 0 Å². The molecule has 3 atom stereocenters. The van der Waals surface area contributed by atoms with Gasteiger partial charge in [0, 0.05) is 60.8 Å². The Morgan fingerprint density at radius 2 is 0.636 bits per heavy atom. The third-order valence-electron chi connectivity index (χ3n) is 25.6. The van der Waals surface area contributed by atoms with Crippen molar-refractivity contribution in [3.8, 4) is 46.0 Å². The second-order valence-electron chi connectivity index (χ2n) is 39.8. The normalized spacial score (nSPS) is 13.4. The van der Waals surface area contributed by atoms with Gasteiger partial charge in [0.15, 0.2) is 0 Å². The lowest BCUT2D eigenvalue weighted by Crippen LogP contribution is -2.31. The summed E-state index contributed by atoms with van der Waals surface area (Å²) >= 11 is 0. The van der Waals surface area contributed by atoms with Crippen LogP contribution in [0.15, 0.2) is 194 Å². The minimum Gasteiger partial charge on any atom is -0.494 e. The highest BCUT2D eigenvalue weighted by atomic mass is 16.5. The predicted octanol–water partition coefficient (Wildman–Crippen LogP) is 31.6. The molecule has 2 fully saturated rings. The molecule has 1 amide bonds. The Morgan fingerprint density at radius 1 is 0.336 bits per heavy atom. The van der Waals surface area contributed by atoms with E-state index >= 15 is 0 Å². The lowest BCUT2D eigenvalue weighted by Gasteiger charge is -2.32. The number of nitrogens with zero attached hydrogens (tertiary/aromatic N) is 1. The van der Waals surface area contributed by atoms with Crippen molar-refractivity contribution >= 4 is 11.7 Å². The predicted molar refractivity (Wildman–Crippen MR) is 600 cm³/mol. The summed E-state index contributed by atoms with van der Waals surface area (Å²) in [4.78, 5) is 24.3. The fraction of sp³-hybridized carbons (Fsp3) is 0.606. The van der Waals surface area contributed by atoms with Crippen LogP contribution in [-0.2, 0) is 70.4 Å². The molecule has 802 valence electrons. The SMILES string of the molecule is CCCOc1cccc(CCC(O)C(C)C)c1.CCCOc1cccc(CCC(O)CCC)c1.CCCOc1cccc(CCC2(C)CCCCCCC2)c1.CCCOc1cccc(CCCCC(=O)CC)c1.CCCOc1cccc(CCCCC(=O)N(C)C)c1.CCCOc1cccc(CCCCOC)c1.CCCOc1cccc(CCCOC)c1.CC[C@H](C)Oc1cccc(CCC2(O)CCCCC2)c1. The summed E-state index contributed by atoms with van der Waals surface area (Å²) in [5, 5.41) is 30.0. The number of aryl methyl sites for hydroxylation is 8. The molecule has 0 aliphatic heterocycles. The van der Waals surface area contributed by atoms with Gasteiger partial charge in [-0.1, -0.05) is 245 Å². The monoisotopic (exact) mass is 1980 g/mol. The Kier molecular flexibility index (Phi) is 74.6. The molecule has 3 N–H and O–H groups in total. The van der Waals surface area contributed by atoms with Gasteiger partial charge in [0.1, 0.15) is 51.8 Å². The van der Waals surface area contributed by atoms with Crippen molar-refractivity contribution in [2.75, 3.05) is 87.8 Å². The van der Waals surface area contributed by atoms with Crippen molar-refractivity contribution in [3.05, 3.63) is 239 Å². The Labute approximate surface area is 870 Å². The number of carbonyl (C=O) groups is 2. The number of ketones is 1. The molecule has 10 rings (SSSR count). The van der Waals surface area contributed by atoms with Crippen molar-refractivity contribution < 1.29 is 72.3 Å². The summed E-state index contributed by atoms with van der Waals surface area (Å²) in [6, 6.07) is 66.6. The number of aliphatic hydroxyl groups excluding tert-OH is 2. The van der Waals surface area contributed by atoms with Crippen molar-refractivity contribution in [2.45, 2.75) is 403 Å². The first-order chi connectivity index (χ1) is 69.3. The highest BCUT2D eigenvalue weighted by Gasteiger charge is 2.29. The van der Waals surface area contributed by atoms with Gasteiger partial charge in [-0.2, -0.15) is 0 Å². The number of amides is 1. The van der Waals surface area contributed by atoms with Crippen LogP contribution < -0.4 is 37.9 Å². The van der Waals surface area contributed by atoms with E-state index in [-0.39, 0.29) is 24.2 Å². The second kappa shape index (κ2) is 83.2. The molecule has 0 heterocycles. The number of ether oxygens (including phenoxy) is 10. The molecule has 0 aromatic heterocycles. The van der Waals surface area contributed by atoms with E-state index in [0.717, 1.165) is 292 Å². The minimum atomic E-state index is -0.425. The number of aliphatic hydroxyl groups is 3. The fourth-order valence-corrected chi connectivity index (χ4v) is 16.6. The quantitative estimate of drug-likeness (QED) is 0.0305. The molecule has 8 aromatic rings. The van der Waals surface area contributed by atoms with Crippen LogP contribution in [0.2, 0.25) is 0 Å². The minimum absolute atomic E-state index is 0.166. The first kappa shape index (κ1) is 128. The molecule has 0 spiro atoms. The Balaban J connectivity index is 0.000000421. The molecular formula is C127H199NO15. The molecular weight excluding hydrogens is 1780 g/mol. The molecule has 16 nitrogen and oxygen atoms in total. The zero-order chi connectivity index (χ0) is 104. The van der Waals surface area contributed by atoms with Gasteiger partial charge in [0.2, 0.25) is 5.91 Å². The van der Waals surface area contributed by atoms with Gasteiger partial charge in [-0.15, -0.1) is 0 Å². The smallest absolute Gasteiger partial charge is 0.222 e. The van der Waals surface area contributed by atoms with Crippen LogP contribution in [0.1, 0.15) is 373 Å². The van der Waals surface area contributed by atoms with Gasteiger partial charge in [-0.25, -0.2) is 0 Å². The van der Waals surface area contributed by atoms with Crippen LogP contribution in [0.25, 0.3) is 0 Å². The maximum Gasteiger partial charge on any atom is 0.222 e. The van der Waals surface area contributed by atoms with E-state index in [9.17, 15) is 24.9 Å². The van der Waals surface area contributed by atoms with Crippen LogP contribution in [0, 0.1) is 11.3 Å². The highest BCUT2D eigenvalue weighted by molar-refractivity contribution is 5.78. The maximum absolute atomic E-state index is 11.4. The molecule has 2 aliphatic carbocycles. The molecule has 0 bridgehead atoms. The van der Waals surface area contributed by atoms with E-state index in [1.165, 1.54) is 128 Å². The topological polar surface area (TPSA) is 190 Å². The number of methoxy groups -OCH3 is 2. The van der Waals surface area contributed by atoms with Crippen LogP contribution in [0.3, 0.4) is 0 Å². The molecule has 2 unspecified atom stereocenters. The number of hydrogen-bond donors (Lipinski definition) is 3. The zero-order valence-electron chi connectivity index (χ0n) is 92.9. The largest absolute Gasteiger partial charge is 0.494 e. The summed E-state index contributed by atoms with van der Waals surface area (Å²) in [7, 11) is 7.09. The van der Waals surface area contributed by atoms with Crippen molar-refractivity contribution in [1.82, 2.24) is 4.90 Å². The lowest BCUT2D eigenvalue weighted by molar-refractivity contribution is -0.128. The van der Waals surface area contributed by atoms with Crippen LogP contribution in [-0.4, -0.2) is 144 Å². The first-order valence-corrected chi connectivity index (χ1v) is 55.9. The molecule has 8 aromatic carbocycles. The van der Waals surface area contributed by atoms with E-state index < -0.39 is 5.60 Å². The van der Waals surface area contributed by atoms with Gasteiger partial charge < -0.3 is 67.6 Å². The van der Waals surface area contributed by atoms with E-state index in [0.29, 0.717) is 30.0 Å². The van der Waals surface area contributed by atoms with E-state index in [2.05, 4.69) is 197 Å². The first-order valence-electron chi connectivity index (χ1n) is 55.9. The average Bonchev–Trinajstić information content (AvgIpc) is 0.856. The summed E-state index contributed by atoms with van der Waals surface area (Å²) in [5.74, 6) is 8.65. The van der Waals surface area contributed by atoms with E-state index in [4.69, 9.17) is 47.4 Å². The van der Waals surface area contributed by atoms with Gasteiger partial charge in [0.05, 0.1) is 70.2 Å². The standard InChI is InChI=1S/C20H32O.C18H28O2.C16H25NO2.C16H24O2.2C15H24O2.C14H22O2.C13H20O2/c1-3-16-21-19-11-9-10-18(17-19)12-15-20(2)13-7-5-4-6-8-14-20;1-3-15(2)20-17-9-7-8-16(14-17)10-13-18(19)11-5-4-6-12-18;1-4-12-19-15-10-7-9-14(13-15)8-5-6-11-16(18)17(2)3;1-3-12-18-16-11-7-9-14(13-16)8-5-6-10-15(17)4-2;1-4-10-17-14-7-5-6-13(11-14)8-9-15(16)12(2)3;1-3-6-14(16)10-9-13-7-5-8-15(12-13)17-11-4-2;1-3-10-16-14-9-6-8-13(12-14)7-4-5-11-15-2;1-3-9-15-13-8-4-6-12(11-13)7-5-10-14-2/h9-11,17H,3-8,12-16H2,1-2H3;7-9,14-15,19H,3-6,10-13H2,1-2H3;7,9-10,13H,4-6,8,11-12H2,1-3H3;7,9,11,13H,3-6,8,10,12H2,1-2H3;5-7,11-12,15-16H,4,8-10H2,1-3H3;5,7-8,12,14,16H,3-4,6,9-11H2,1-2H3;6,8-9,12H,3-5,7,10-11H2,1-2H3;4,6,8,11H,3,5,7,9-10H2,1-2H3/t;15-;;;;;;/m.0....../s1. The van der Waals surface area contributed by atoms with Crippen molar-refractivity contribution in [3.63, 3.8) is 0 Å². The number of benzene rings is 8. The third-order valence-corrected chi connectivity index (χ3v) is 25.6. The number of Topliss-reactive ketones (excluding diaryl/α,β-unsaturated/α-hetero) is 1. The molecule has 0 radical (unpaired) electrons. The summed E-state index contributed by atoms with van der Waals surface area (Å²) in [6.07, 6.45) is 47.1. The van der Waals surface area contributed by atoms with E-state index in [1.54, 1.807) is 33.2 Å². The summed E-state index contributed by atoms with van der Waals surface area (Å²) < 4.78 is 55.2. The molecule has 2 saturated carbocycles. The zero-order valence-corrected chi connectivity index (χ0v) is 92.9. The average molecular weight is 1980 g/mol. The molecule has 0 saturated heterocycles. The Morgan fingerprint density at radius 3 is 0.979 bits per heavy atom. The van der Waals surface area contributed by atoms with Gasteiger partial charge in [0.25, 0.3) is 0 Å². The van der Waals surface area contributed by atoms with Crippen molar-refractivity contribution in [1.29, 1.82) is 0 Å². The number of unbranched alkanes of at least 4 members (excludes halogenated alkanes) is 3. The third kappa shape index (κ3) is 65.3.